The van der Waals surface area contributed by atoms with Crippen LogP contribution in [0.15, 0.2) is 0 Å². The Morgan fingerprint density at radius 2 is 1.00 bits per heavy atom. The van der Waals surface area contributed by atoms with Crippen molar-refractivity contribution in [2.45, 2.75) is 0 Å². The molecule has 0 aromatic heterocycles. The summed E-state index contributed by atoms with van der Waals surface area (Å²) in [6.45, 7) is 0. The van der Waals surface area contributed by atoms with Gasteiger partial charge in [0.15, 0.2) is 0 Å². The molecule has 0 spiro atoms. The molecule has 0 heterocycles. The van der Waals surface area contributed by atoms with E-state index < -0.39 is 5.92 Å². The molecule has 0 rings (SSSR count). The van der Waals surface area contributed by atoms with Crippen molar-refractivity contribution >= 4 is 58.5 Å². The fourth-order valence-electron chi connectivity index (χ4n) is 0. The number of hydrogen-bond donors (Lipinski definition) is 0. The van der Waals surface area contributed by atoms with Crippen molar-refractivity contribution in [3.05, 3.63) is 0 Å². The van der Waals surface area contributed by atoms with Crippen LogP contribution in [0, 0.1) is 0 Å². The van der Waals surface area contributed by atoms with E-state index in [4.69, 9.17) is 0 Å². The predicted molar refractivity (Wildman–Crippen MR) is 42.1 cm³/mol. The number of halogens is 3. The van der Waals surface area contributed by atoms with Gasteiger partial charge in [-0.25, -0.2) is 0 Å². The molecule has 0 nitrogen and oxygen atoms in total. The third kappa shape index (κ3) is 8.85. The Morgan fingerprint density at radius 1 is 1.00 bits per heavy atom. The van der Waals surface area contributed by atoms with Gasteiger partial charge < -0.3 is 0 Å². The molecule has 4 heteroatoms. The van der Waals surface area contributed by atoms with E-state index in [0.29, 0.717) is 0 Å². The van der Waals surface area contributed by atoms with E-state index in [1.165, 1.54) is 0 Å². The van der Waals surface area contributed by atoms with Gasteiger partial charge >= 0.3 is 64.5 Å². The third-order valence-corrected chi connectivity index (χ3v) is 0. The number of rotatable bonds is 0. The SMILES string of the molecule is [I][Re]([I])[I]. The van der Waals surface area contributed by atoms with Gasteiger partial charge in [0.1, 0.15) is 0 Å². The topological polar surface area (TPSA) is 0 Å². The fraction of sp³-hybridized carbons (Fsp3) is 0. The zero-order valence-corrected chi connectivity index (χ0v) is 10.7. The summed E-state index contributed by atoms with van der Waals surface area (Å²) in [6.07, 6.45) is 0. The average Bonchev–Trinajstić information content (AvgIpc) is 0.811. The van der Waals surface area contributed by atoms with E-state index in [1.54, 1.807) is 0 Å². The van der Waals surface area contributed by atoms with Gasteiger partial charge in [0.25, 0.3) is 0 Å². The van der Waals surface area contributed by atoms with Crippen molar-refractivity contribution in [3.8, 4) is 0 Å². The molecule has 28 valence electrons. The minimum atomic E-state index is -0.553. The molecule has 0 bridgehead atoms. The van der Waals surface area contributed by atoms with E-state index in [9.17, 15) is 0 Å². The first-order valence-electron chi connectivity index (χ1n) is 0.429. The maximum absolute atomic E-state index is 2.50. The van der Waals surface area contributed by atoms with Crippen molar-refractivity contribution in [2.75, 3.05) is 0 Å². The molecule has 0 radical (unpaired) electrons. The first-order chi connectivity index (χ1) is 1.73. The van der Waals surface area contributed by atoms with Crippen molar-refractivity contribution < 1.29 is 5.92 Å². The van der Waals surface area contributed by atoms with E-state index in [2.05, 4.69) is 58.5 Å². The molecule has 0 amide bonds. The van der Waals surface area contributed by atoms with Crippen molar-refractivity contribution in [3.63, 3.8) is 0 Å². The van der Waals surface area contributed by atoms with Gasteiger partial charge in [-0.2, -0.15) is 0 Å². The Hall–Kier alpha value is 2.85. The molecule has 0 aliphatic carbocycles. The van der Waals surface area contributed by atoms with Crippen LogP contribution in [-0.4, -0.2) is 0 Å². The summed E-state index contributed by atoms with van der Waals surface area (Å²) < 4.78 is 0. The second-order valence-electron chi connectivity index (χ2n) is 0.162. The maximum atomic E-state index is 2.50. The molecule has 0 N–H and O–H groups in total. The van der Waals surface area contributed by atoms with Crippen LogP contribution in [0.4, 0.5) is 0 Å². The molecule has 0 atom stereocenters. The van der Waals surface area contributed by atoms with Gasteiger partial charge in [-0.1, -0.05) is 0 Å². The molecule has 0 aliphatic rings. The van der Waals surface area contributed by atoms with Gasteiger partial charge in [0, 0.05) is 0 Å². The van der Waals surface area contributed by atoms with Crippen LogP contribution in [0.1, 0.15) is 0 Å². The normalized spacial score (nSPS) is 11.2. The summed E-state index contributed by atoms with van der Waals surface area (Å²) in [7, 11) is 0. The summed E-state index contributed by atoms with van der Waals surface area (Å²) in [6, 6.07) is 0. The summed E-state index contributed by atoms with van der Waals surface area (Å²) in [5, 5.41) is 0. The summed E-state index contributed by atoms with van der Waals surface area (Å²) in [5.41, 5.74) is 0. The van der Waals surface area contributed by atoms with Crippen molar-refractivity contribution in [1.29, 1.82) is 0 Å². The van der Waals surface area contributed by atoms with Gasteiger partial charge in [-0.05, 0) is 0 Å². The molecule has 4 heavy (non-hydrogen) atoms. The second-order valence-corrected chi connectivity index (χ2v) is 59.7. The van der Waals surface area contributed by atoms with Gasteiger partial charge in [0.2, 0.25) is 0 Å². The van der Waals surface area contributed by atoms with Crippen LogP contribution < -0.4 is 0 Å². The van der Waals surface area contributed by atoms with E-state index in [1.807, 2.05) is 0 Å². The van der Waals surface area contributed by atoms with Crippen LogP contribution >= 0.6 is 58.5 Å². The summed E-state index contributed by atoms with van der Waals surface area (Å²) in [5.74, 6) is -0.553. The zero-order chi connectivity index (χ0) is 3.58. The first kappa shape index (κ1) is 6.85. The van der Waals surface area contributed by atoms with E-state index >= 15 is 0 Å². The molecule has 0 saturated carbocycles. The van der Waals surface area contributed by atoms with Crippen LogP contribution in [0.5, 0.6) is 0 Å². The van der Waals surface area contributed by atoms with E-state index in [0.717, 1.165) is 0 Å². The monoisotopic (exact) mass is 568 g/mol. The standard InChI is InChI=1S/3HI.Re/h3*1H;/q;;;+3/p-3. The first-order valence-corrected chi connectivity index (χ1v) is 23.5. The molecular formula is I3Re. The molecular weight excluding hydrogens is 567 g/mol. The Balaban J connectivity index is 2.32. The predicted octanol–water partition coefficient (Wildman–Crippen LogP) is 2.65. The van der Waals surface area contributed by atoms with Crippen molar-refractivity contribution in [2.24, 2.45) is 0 Å². The Morgan fingerprint density at radius 3 is 1.00 bits per heavy atom. The molecule has 0 unspecified atom stereocenters. The molecule has 0 saturated heterocycles. The van der Waals surface area contributed by atoms with Gasteiger partial charge in [-0.3, -0.25) is 0 Å². The zero-order valence-electron chi connectivity index (χ0n) is 1.51. The molecule has 0 aliphatic heterocycles. The Kier molecular flexibility index (Phi) is 6.89. The average molecular weight is 567 g/mol. The third-order valence-electron chi connectivity index (χ3n) is 0. The molecule has 0 fully saturated rings. The summed E-state index contributed by atoms with van der Waals surface area (Å²) in [4.78, 5) is 0. The minimum absolute atomic E-state index is 0.553. The van der Waals surface area contributed by atoms with Crippen LogP contribution in [0.3, 0.4) is 0 Å². The van der Waals surface area contributed by atoms with Crippen LogP contribution in [-0.2, 0) is 5.92 Å². The van der Waals surface area contributed by atoms with Crippen LogP contribution in [0.25, 0.3) is 0 Å². The Labute approximate surface area is 62.7 Å². The Bertz CT molecular complexity index is 8.00. The quantitative estimate of drug-likeness (QED) is 0.396. The molecule has 0 aromatic rings. The van der Waals surface area contributed by atoms with Gasteiger partial charge in [-0.15, -0.1) is 0 Å². The number of hydrogen-bond acceptors (Lipinski definition) is 0. The van der Waals surface area contributed by atoms with Crippen molar-refractivity contribution in [1.82, 2.24) is 0 Å². The summed E-state index contributed by atoms with van der Waals surface area (Å²) >= 11 is 7.51. The van der Waals surface area contributed by atoms with Crippen LogP contribution in [0.2, 0.25) is 0 Å². The molecule has 0 aromatic carbocycles. The van der Waals surface area contributed by atoms with E-state index in [-0.39, 0.29) is 0 Å². The van der Waals surface area contributed by atoms with Gasteiger partial charge in [0.05, 0.1) is 0 Å². The fourth-order valence-corrected chi connectivity index (χ4v) is 0. The second kappa shape index (κ2) is 4.02.